The Morgan fingerprint density at radius 1 is 1.36 bits per heavy atom. The van der Waals surface area contributed by atoms with Gasteiger partial charge in [0.05, 0.1) is 32.8 Å². The number of rotatable bonds is 6. The smallest absolute Gasteiger partial charge is 0.281 e. The molecule has 0 N–H and O–H groups in total. The molecule has 0 atom stereocenters. The van der Waals surface area contributed by atoms with Crippen molar-refractivity contribution in [2.45, 2.75) is 6.54 Å². The number of nitro groups is 1. The molecule has 1 amide bonds. The topological polar surface area (TPSA) is 86.7 Å². The van der Waals surface area contributed by atoms with Crippen LogP contribution in [0, 0.1) is 10.1 Å². The Morgan fingerprint density at radius 3 is 2.82 bits per heavy atom. The number of carbonyl (C=O) groups is 1. The fourth-order valence-corrected chi connectivity index (χ4v) is 4.25. The summed E-state index contributed by atoms with van der Waals surface area (Å²) in [5.41, 5.74) is 0.734. The molecule has 0 saturated heterocycles. The number of hydrogen-bond donors (Lipinski definition) is 0. The van der Waals surface area contributed by atoms with Crippen molar-refractivity contribution in [3.8, 4) is 5.75 Å². The van der Waals surface area contributed by atoms with Crippen molar-refractivity contribution in [3.63, 3.8) is 0 Å². The first-order valence-corrected chi connectivity index (χ1v) is 10.7. The third kappa shape index (κ3) is 4.21. The molecule has 7 nitrogen and oxygen atoms in total. The van der Waals surface area contributed by atoms with Crippen LogP contribution in [0.1, 0.15) is 10.4 Å². The first kappa shape index (κ1) is 20.4. The van der Waals surface area contributed by atoms with E-state index in [1.165, 1.54) is 23.5 Å². The summed E-state index contributed by atoms with van der Waals surface area (Å²) in [7, 11) is 1.59. The van der Waals surface area contributed by atoms with Crippen molar-refractivity contribution in [3.05, 3.63) is 61.9 Å². The van der Waals surface area contributed by atoms with Crippen molar-refractivity contribution < 1.29 is 14.5 Å². The van der Waals surface area contributed by atoms with E-state index in [0.717, 1.165) is 22.0 Å². The average Bonchev–Trinajstić information content (AvgIpc) is 3.02. The van der Waals surface area contributed by atoms with E-state index in [-0.39, 0.29) is 16.3 Å². The summed E-state index contributed by atoms with van der Waals surface area (Å²) in [6.07, 6.45) is 2.00. The molecule has 0 bridgehead atoms. The highest BCUT2D eigenvalue weighted by molar-refractivity contribution is 7.98. The van der Waals surface area contributed by atoms with Crippen molar-refractivity contribution >= 4 is 56.5 Å². The SMILES string of the molecule is COc1ccc2c(c1)sc(=NC(=O)c1cc([N+](=O)[O-])ccc1Cl)n2CCSC. The van der Waals surface area contributed by atoms with Crippen LogP contribution in [0.2, 0.25) is 5.02 Å². The summed E-state index contributed by atoms with van der Waals surface area (Å²) >= 11 is 9.11. The number of nitrogens with zero attached hydrogens (tertiary/aromatic N) is 3. The summed E-state index contributed by atoms with van der Waals surface area (Å²) in [6, 6.07) is 9.40. The van der Waals surface area contributed by atoms with Gasteiger partial charge in [-0.05, 0) is 30.5 Å². The molecule has 3 rings (SSSR count). The second-order valence-electron chi connectivity index (χ2n) is 5.70. The first-order valence-electron chi connectivity index (χ1n) is 8.14. The summed E-state index contributed by atoms with van der Waals surface area (Å²) in [4.78, 5) is 27.9. The number of halogens is 1. The molecule has 146 valence electrons. The number of thiazole rings is 1. The van der Waals surface area contributed by atoms with Gasteiger partial charge in [0.1, 0.15) is 5.75 Å². The van der Waals surface area contributed by atoms with Crippen molar-refractivity contribution in [1.29, 1.82) is 0 Å². The standard InChI is InChI=1S/C18H16ClN3O4S2/c1-26-12-4-6-15-16(10-12)28-18(21(15)7-8-27-2)20-17(23)13-9-11(22(24)25)3-5-14(13)19/h3-6,9-10H,7-8H2,1-2H3. The van der Waals surface area contributed by atoms with Crippen LogP contribution < -0.4 is 9.54 Å². The molecular formula is C18H16ClN3O4S2. The zero-order chi connectivity index (χ0) is 20.3. The van der Waals surface area contributed by atoms with Crippen molar-refractivity contribution in [2.75, 3.05) is 19.1 Å². The average molecular weight is 438 g/mol. The Morgan fingerprint density at radius 2 is 2.14 bits per heavy atom. The second kappa shape index (κ2) is 8.76. The van der Waals surface area contributed by atoms with Gasteiger partial charge in [-0.15, -0.1) is 0 Å². The molecule has 0 radical (unpaired) electrons. The lowest BCUT2D eigenvalue weighted by molar-refractivity contribution is -0.384. The molecule has 0 saturated carbocycles. The molecule has 1 heterocycles. The predicted molar refractivity (Wildman–Crippen MR) is 113 cm³/mol. The lowest BCUT2D eigenvalue weighted by atomic mass is 10.2. The van der Waals surface area contributed by atoms with Gasteiger partial charge in [-0.1, -0.05) is 22.9 Å². The van der Waals surface area contributed by atoms with Gasteiger partial charge in [-0.25, -0.2) is 0 Å². The molecule has 2 aromatic carbocycles. The number of amides is 1. The van der Waals surface area contributed by atoms with Crippen LogP contribution in [-0.2, 0) is 6.54 Å². The maximum Gasteiger partial charge on any atom is 0.281 e. The van der Waals surface area contributed by atoms with Crippen LogP contribution in [0.4, 0.5) is 5.69 Å². The van der Waals surface area contributed by atoms with E-state index >= 15 is 0 Å². The number of carbonyl (C=O) groups excluding carboxylic acids is 1. The highest BCUT2D eigenvalue weighted by Gasteiger charge is 2.16. The number of ether oxygens (including phenoxy) is 1. The molecule has 0 aliphatic heterocycles. The quantitative estimate of drug-likeness (QED) is 0.422. The van der Waals surface area contributed by atoms with E-state index in [9.17, 15) is 14.9 Å². The largest absolute Gasteiger partial charge is 0.497 e. The van der Waals surface area contributed by atoms with Crippen LogP contribution in [0.3, 0.4) is 0 Å². The van der Waals surface area contributed by atoms with Crippen LogP contribution >= 0.6 is 34.7 Å². The predicted octanol–water partition coefficient (Wildman–Crippen LogP) is 4.38. The van der Waals surface area contributed by atoms with Gasteiger partial charge in [-0.2, -0.15) is 16.8 Å². The normalized spacial score (nSPS) is 11.8. The van der Waals surface area contributed by atoms with E-state index in [1.807, 2.05) is 29.0 Å². The first-order chi connectivity index (χ1) is 13.4. The van der Waals surface area contributed by atoms with Crippen molar-refractivity contribution in [2.24, 2.45) is 4.99 Å². The van der Waals surface area contributed by atoms with Crippen LogP contribution in [0.5, 0.6) is 5.75 Å². The third-order valence-corrected chi connectivity index (χ3v) is 5.96. The van der Waals surface area contributed by atoms with Gasteiger partial charge in [0.2, 0.25) is 0 Å². The fourth-order valence-electron chi connectivity index (χ4n) is 2.60. The van der Waals surface area contributed by atoms with Crippen LogP contribution in [0.25, 0.3) is 10.2 Å². The summed E-state index contributed by atoms with van der Waals surface area (Å²) in [5.74, 6) is 0.937. The van der Waals surface area contributed by atoms with E-state index < -0.39 is 10.8 Å². The van der Waals surface area contributed by atoms with E-state index in [1.54, 1.807) is 18.9 Å². The van der Waals surface area contributed by atoms with Crippen LogP contribution in [-0.4, -0.2) is 34.5 Å². The third-order valence-electron chi connectivity index (χ3n) is 4.00. The molecule has 0 aliphatic rings. The highest BCUT2D eigenvalue weighted by Crippen LogP contribution is 2.25. The van der Waals surface area contributed by atoms with Gasteiger partial charge < -0.3 is 9.30 Å². The minimum absolute atomic E-state index is 0.00215. The van der Waals surface area contributed by atoms with Gasteiger partial charge >= 0.3 is 0 Å². The number of methoxy groups -OCH3 is 1. The van der Waals surface area contributed by atoms with Crippen molar-refractivity contribution in [1.82, 2.24) is 4.57 Å². The second-order valence-corrected chi connectivity index (χ2v) is 8.10. The molecule has 10 heteroatoms. The number of non-ortho nitro benzene ring substituents is 1. The number of benzene rings is 2. The molecular weight excluding hydrogens is 422 g/mol. The molecule has 0 unspecified atom stereocenters. The Bertz CT molecular complexity index is 1120. The lowest BCUT2D eigenvalue weighted by Crippen LogP contribution is -2.18. The lowest BCUT2D eigenvalue weighted by Gasteiger charge is -2.05. The van der Waals surface area contributed by atoms with Crippen LogP contribution in [0.15, 0.2) is 41.4 Å². The Kier molecular flexibility index (Phi) is 6.38. The van der Waals surface area contributed by atoms with E-state index in [4.69, 9.17) is 16.3 Å². The van der Waals surface area contributed by atoms with E-state index in [0.29, 0.717) is 17.1 Å². The fraction of sp³-hybridized carbons (Fsp3) is 0.222. The summed E-state index contributed by atoms with van der Waals surface area (Å²) in [6.45, 7) is 0.669. The minimum atomic E-state index is -0.620. The zero-order valence-electron chi connectivity index (χ0n) is 15.0. The molecule has 0 aliphatic carbocycles. The molecule has 0 spiro atoms. The number of thioether (sulfide) groups is 1. The molecule has 3 aromatic rings. The minimum Gasteiger partial charge on any atom is -0.497 e. The number of fused-ring (bicyclic) bond motifs is 1. The maximum absolute atomic E-state index is 12.7. The summed E-state index contributed by atoms with van der Waals surface area (Å²) < 4.78 is 8.15. The molecule has 28 heavy (non-hydrogen) atoms. The Hall–Kier alpha value is -2.36. The maximum atomic E-state index is 12.7. The van der Waals surface area contributed by atoms with E-state index in [2.05, 4.69) is 4.99 Å². The van der Waals surface area contributed by atoms with Gasteiger partial charge in [0.15, 0.2) is 4.80 Å². The monoisotopic (exact) mass is 437 g/mol. The number of aryl methyl sites for hydroxylation is 1. The van der Waals surface area contributed by atoms with Gasteiger partial charge in [0, 0.05) is 24.4 Å². The summed E-state index contributed by atoms with van der Waals surface area (Å²) in [5, 5.41) is 11.1. The highest BCUT2D eigenvalue weighted by atomic mass is 35.5. The molecule has 1 aromatic heterocycles. The Balaban J connectivity index is 2.13. The van der Waals surface area contributed by atoms with Gasteiger partial charge in [0.25, 0.3) is 11.6 Å². The molecule has 0 fully saturated rings. The zero-order valence-corrected chi connectivity index (χ0v) is 17.4. The number of aromatic nitrogens is 1. The number of nitro benzene ring substituents is 1. The Labute approximate surface area is 173 Å². The van der Waals surface area contributed by atoms with Gasteiger partial charge in [-0.3, -0.25) is 14.9 Å². The number of hydrogen-bond acceptors (Lipinski definition) is 6.